The van der Waals surface area contributed by atoms with Crippen LogP contribution in [-0.2, 0) is 4.79 Å². The summed E-state index contributed by atoms with van der Waals surface area (Å²) < 4.78 is 0. The molecule has 3 fully saturated rings. The molecule has 4 atom stereocenters. The molecule has 0 unspecified atom stereocenters. The molecular formula is C19H28N4O2S. The Balaban J connectivity index is 1.68. The first-order chi connectivity index (χ1) is 12.4. The predicted molar refractivity (Wildman–Crippen MR) is 103 cm³/mol. The van der Waals surface area contributed by atoms with E-state index in [4.69, 9.17) is 0 Å². The van der Waals surface area contributed by atoms with Gasteiger partial charge in [0.15, 0.2) is 5.13 Å². The monoisotopic (exact) mass is 376 g/mol. The lowest BCUT2D eigenvalue weighted by Gasteiger charge is -2.49. The summed E-state index contributed by atoms with van der Waals surface area (Å²) in [5.41, 5.74) is 0.820. The second-order valence-corrected chi connectivity index (χ2v) is 9.17. The molecule has 142 valence electrons. The van der Waals surface area contributed by atoms with Crippen LogP contribution in [0.15, 0.2) is 0 Å². The van der Waals surface area contributed by atoms with Gasteiger partial charge in [0.1, 0.15) is 4.88 Å². The van der Waals surface area contributed by atoms with Crippen LogP contribution in [0.5, 0.6) is 0 Å². The molecule has 1 saturated carbocycles. The third kappa shape index (κ3) is 2.47. The number of likely N-dealkylation sites (tertiary alicyclic amines) is 2. The molecule has 2 bridgehead atoms. The maximum Gasteiger partial charge on any atom is 0.266 e. The third-order valence-corrected chi connectivity index (χ3v) is 7.71. The zero-order valence-electron chi connectivity index (χ0n) is 16.0. The number of anilines is 1. The van der Waals surface area contributed by atoms with Crippen molar-refractivity contribution in [2.45, 2.75) is 71.5 Å². The normalized spacial score (nSPS) is 32.7. The summed E-state index contributed by atoms with van der Waals surface area (Å²) in [7, 11) is 0. The molecule has 0 radical (unpaired) electrons. The van der Waals surface area contributed by atoms with E-state index in [-0.39, 0.29) is 35.4 Å². The maximum absolute atomic E-state index is 13.4. The van der Waals surface area contributed by atoms with Gasteiger partial charge in [-0.25, -0.2) is 4.98 Å². The molecule has 3 aliphatic rings. The highest BCUT2D eigenvalue weighted by Crippen LogP contribution is 2.54. The Morgan fingerprint density at radius 1 is 1.35 bits per heavy atom. The standard InChI is InChI=1S/C19H28N4O2S/c1-5-20-18-21-11(2)16(26-18)17(25)22-10-13-9-19(4)14(22)7-6-8-15(19)23(13)12(3)24/h13-15H,5-10H2,1-4H3,(H,20,21)/t13-,14+,15-,19+/m0/s1. The summed E-state index contributed by atoms with van der Waals surface area (Å²) in [5.74, 6) is 0.248. The van der Waals surface area contributed by atoms with Crippen molar-refractivity contribution >= 4 is 28.3 Å². The Morgan fingerprint density at radius 2 is 2.08 bits per heavy atom. The summed E-state index contributed by atoms with van der Waals surface area (Å²) in [6.07, 6.45) is 4.20. The van der Waals surface area contributed by atoms with Gasteiger partial charge in [-0.15, -0.1) is 0 Å². The Labute approximate surface area is 159 Å². The van der Waals surface area contributed by atoms with Crippen LogP contribution in [0.2, 0.25) is 0 Å². The highest BCUT2D eigenvalue weighted by atomic mass is 32.1. The Kier molecular flexibility index (Phi) is 4.25. The second kappa shape index (κ2) is 6.22. The van der Waals surface area contributed by atoms with E-state index in [1.165, 1.54) is 11.3 Å². The number of carbonyl (C=O) groups excluding carboxylic acids is 2. The summed E-state index contributed by atoms with van der Waals surface area (Å²) in [6, 6.07) is 0.655. The first-order valence-electron chi connectivity index (χ1n) is 9.68. The van der Waals surface area contributed by atoms with Crippen LogP contribution in [0.1, 0.15) is 61.8 Å². The van der Waals surface area contributed by atoms with E-state index in [0.717, 1.165) is 47.9 Å². The summed E-state index contributed by atoms with van der Waals surface area (Å²) in [6.45, 7) is 9.36. The van der Waals surface area contributed by atoms with Gasteiger partial charge in [-0.2, -0.15) is 0 Å². The summed E-state index contributed by atoms with van der Waals surface area (Å²) in [4.78, 5) is 35.2. The van der Waals surface area contributed by atoms with Crippen molar-refractivity contribution in [1.29, 1.82) is 0 Å². The molecule has 6 nitrogen and oxygen atoms in total. The van der Waals surface area contributed by atoms with E-state index in [9.17, 15) is 9.59 Å². The topological polar surface area (TPSA) is 65.5 Å². The molecule has 2 saturated heterocycles. The van der Waals surface area contributed by atoms with E-state index < -0.39 is 0 Å². The van der Waals surface area contributed by atoms with Crippen molar-refractivity contribution in [3.63, 3.8) is 0 Å². The number of piperidine rings is 1. The van der Waals surface area contributed by atoms with Crippen LogP contribution in [-0.4, -0.2) is 57.8 Å². The van der Waals surface area contributed by atoms with Crippen molar-refractivity contribution < 1.29 is 9.59 Å². The number of thiazole rings is 1. The molecule has 2 amide bonds. The van der Waals surface area contributed by atoms with Gasteiger partial charge in [-0.05, 0) is 39.5 Å². The molecule has 7 heteroatoms. The number of fused-ring (bicyclic) bond motifs is 1. The highest BCUT2D eigenvalue weighted by Gasteiger charge is 2.61. The van der Waals surface area contributed by atoms with Gasteiger partial charge in [0, 0.05) is 37.5 Å². The number of carbonyl (C=O) groups is 2. The largest absolute Gasteiger partial charge is 0.362 e. The fourth-order valence-corrected chi connectivity index (χ4v) is 6.64. The average molecular weight is 377 g/mol. The van der Waals surface area contributed by atoms with Crippen LogP contribution in [0, 0.1) is 12.3 Å². The van der Waals surface area contributed by atoms with Crippen LogP contribution in [0.4, 0.5) is 5.13 Å². The van der Waals surface area contributed by atoms with Gasteiger partial charge in [0.2, 0.25) is 5.91 Å². The maximum atomic E-state index is 13.4. The molecule has 0 spiro atoms. The molecule has 0 aromatic carbocycles. The number of hydrogen-bond acceptors (Lipinski definition) is 5. The first-order valence-corrected chi connectivity index (χ1v) is 10.5. The van der Waals surface area contributed by atoms with Crippen molar-refractivity contribution in [3.05, 3.63) is 10.6 Å². The number of aromatic nitrogens is 1. The Hall–Kier alpha value is -1.63. The minimum Gasteiger partial charge on any atom is -0.362 e. The van der Waals surface area contributed by atoms with Crippen LogP contribution < -0.4 is 5.32 Å². The number of aryl methyl sites for hydroxylation is 1. The molecule has 26 heavy (non-hydrogen) atoms. The van der Waals surface area contributed by atoms with Gasteiger partial charge < -0.3 is 15.1 Å². The molecule has 1 aromatic rings. The van der Waals surface area contributed by atoms with Gasteiger partial charge in [-0.1, -0.05) is 18.3 Å². The molecule has 2 aliphatic heterocycles. The quantitative estimate of drug-likeness (QED) is 0.881. The lowest BCUT2D eigenvalue weighted by Crippen LogP contribution is -2.57. The third-order valence-electron chi connectivity index (χ3n) is 6.61. The van der Waals surface area contributed by atoms with Gasteiger partial charge in [0.05, 0.1) is 11.7 Å². The predicted octanol–water partition coefficient (Wildman–Crippen LogP) is 2.89. The number of nitrogens with zero attached hydrogens (tertiary/aromatic N) is 3. The fraction of sp³-hybridized carbons (Fsp3) is 0.737. The number of hydrogen-bond donors (Lipinski definition) is 1. The van der Waals surface area contributed by atoms with Crippen LogP contribution in [0.25, 0.3) is 0 Å². The summed E-state index contributed by atoms with van der Waals surface area (Å²) >= 11 is 1.45. The number of rotatable bonds is 3. The average Bonchev–Trinajstić information content (AvgIpc) is 3.08. The lowest BCUT2D eigenvalue weighted by atomic mass is 9.65. The van der Waals surface area contributed by atoms with Crippen LogP contribution >= 0.6 is 11.3 Å². The van der Waals surface area contributed by atoms with E-state index in [2.05, 4.69) is 27.0 Å². The first kappa shape index (κ1) is 17.8. The summed E-state index contributed by atoms with van der Waals surface area (Å²) in [5, 5.41) is 4.02. The molecule has 1 N–H and O–H groups in total. The number of nitrogens with one attached hydrogen (secondary N) is 1. The van der Waals surface area contributed by atoms with Crippen LogP contribution in [0.3, 0.4) is 0 Å². The van der Waals surface area contributed by atoms with E-state index in [1.807, 2.05) is 13.8 Å². The molecule has 4 rings (SSSR count). The van der Waals surface area contributed by atoms with Crippen molar-refractivity contribution in [1.82, 2.24) is 14.8 Å². The van der Waals surface area contributed by atoms with E-state index in [0.29, 0.717) is 6.54 Å². The minimum absolute atomic E-state index is 0.0194. The Morgan fingerprint density at radius 3 is 2.77 bits per heavy atom. The zero-order chi connectivity index (χ0) is 18.6. The van der Waals surface area contributed by atoms with E-state index in [1.54, 1.807) is 6.92 Å². The smallest absolute Gasteiger partial charge is 0.266 e. The second-order valence-electron chi connectivity index (χ2n) is 8.17. The molecule has 1 aromatic heterocycles. The number of amides is 2. The zero-order valence-corrected chi connectivity index (χ0v) is 16.9. The van der Waals surface area contributed by atoms with Crippen molar-refractivity contribution in [2.24, 2.45) is 5.41 Å². The molecule has 3 heterocycles. The lowest BCUT2D eigenvalue weighted by molar-refractivity contribution is -0.132. The van der Waals surface area contributed by atoms with Gasteiger partial charge in [0.25, 0.3) is 5.91 Å². The fourth-order valence-electron chi connectivity index (χ4n) is 5.65. The minimum atomic E-state index is 0.0194. The molecule has 1 aliphatic carbocycles. The van der Waals surface area contributed by atoms with Gasteiger partial charge >= 0.3 is 0 Å². The Bertz CT molecular complexity index is 748. The van der Waals surface area contributed by atoms with Crippen molar-refractivity contribution in [2.75, 3.05) is 18.4 Å². The van der Waals surface area contributed by atoms with Gasteiger partial charge in [-0.3, -0.25) is 9.59 Å². The van der Waals surface area contributed by atoms with Crippen molar-refractivity contribution in [3.8, 4) is 0 Å². The molecular weight excluding hydrogens is 348 g/mol. The highest BCUT2D eigenvalue weighted by molar-refractivity contribution is 7.17. The van der Waals surface area contributed by atoms with E-state index >= 15 is 0 Å². The SMILES string of the molecule is CCNc1nc(C)c(C(=O)N2C[C@@H]3C[C@@]4(C)[C@H](CCC[C@@H]24)N3C(C)=O)s1.